The predicted octanol–water partition coefficient (Wildman–Crippen LogP) is 2.65. The van der Waals surface area contributed by atoms with Crippen molar-refractivity contribution in [1.82, 2.24) is 19.4 Å². The van der Waals surface area contributed by atoms with Crippen LogP contribution in [-0.2, 0) is 6.54 Å². The van der Waals surface area contributed by atoms with Crippen LogP contribution in [0.2, 0.25) is 0 Å². The fraction of sp³-hybridized carbons (Fsp3) is 0.400. The first-order valence-electron chi connectivity index (χ1n) is 9.21. The van der Waals surface area contributed by atoms with Crippen molar-refractivity contribution in [2.75, 3.05) is 44.7 Å². The number of rotatable bonds is 6. The van der Waals surface area contributed by atoms with E-state index < -0.39 is 0 Å². The molecule has 6 heteroatoms. The molecular weight excluding hydrogens is 326 g/mol. The van der Waals surface area contributed by atoms with Crippen LogP contribution in [0.5, 0.6) is 5.75 Å². The number of para-hydroxylation sites is 2. The molecule has 136 valence electrons. The van der Waals surface area contributed by atoms with Gasteiger partial charge in [-0.15, -0.1) is 0 Å². The zero-order chi connectivity index (χ0) is 17.8. The van der Waals surface area contributed by atoms with Gasteiger partial charge in [-0.3, -0.25) is 4.90 Å². The molecular formula is C20H25N5O. The van der Waals surface area contributed by atoms with Crippen molar-refractivity contribution in [3.8, 4) is 5.75 Å². The molecule has 0 amide bonds. The van der Waals surface area contributed by atoms with Gasteiger partial charge in [0.2, 0.25) is 0 Å². The van der Waals surface area contributed by atoms with Crippen molar-refractivity contribution in [1.29, 1.82) is 0 Å². The predicted molar refractivity (Wildman–Crippen MR) is 104 cm³/mol. The number of hydrogen-bond donors (Lipinski definition) is 0. The zero-order valence-electron chi connectivity index (χ0n) is 15.2. The minimum atomic E-state index is 0.831. The minimum Gasteiger partial charge on any atom is -0.495 e. The smallest absolute Gasteiger partial charge is 0.177 e. The summed E-state index contributed by atoms with van der Waals surface area (Å²) in [6, 6.07) is 12.3. The van der Waals surface area contributed by atoms with Crippen LogP contribution in [0, 0.1) is 0 Å². The number of methoxy groups -OCH3 is 1. The Morgan fingerprint density at radius 3 is 2.65 bits per heavy atom. The Kier molecular flexibility index (Phi) is 5.02. The maximum Gasteiger partial charge on any atom is 0.177 e. The van der Waals surface area contributed by atoms with Crippen molar-refractivity contribution >= 4 is 16.9 Å². The number of piperazine rings is 1. The molecule has 0 saturated carbocycles. The maximum absolute atomic E-state index is 5.50. The first-order valence-corrected chi connectivity index (χ1v) is 9.21. The van der Waals surface area contributed by atoms with Gasteiger partial charge in [0.15, 0.2) is 5.65 Å². The number of pyridine rings is 1. The molecule has 1 saturated heterocycles. The second-order valence-corrected chi connectivity index (χ2v) is 6.64. The van der Waals surface area contributed by atoms with E-state index in [-0.39, 0.29) is 0 Å². The molecule has 0 atom stereocenters. The fourth-order valence-electron chi connectivity index (χ4n) is 3.64. The van der Waals surface area contributed by atoms with Gasteiger partial charge in [-0.2, -0.15) is 0 Å². The average molecular weight is 351 g/mol. The molecule has 0 unspecified atom stereocenters. The highest BCUT2D eigenvalue weighted by atomic mass is 16.5. The highest BCUT2D eigenvalue weighted by molar-refractivity contribution is 5.70. The molecule has 1 aromatic carbocycles. The van der Waals surface area contributed by atoms with Gasteiger partial charge in [-0.25, -0.2) is 9.97 Å². The quantitative estimate of drug-likeness (QED) is 0.683. The Morgan fingerprint density at radius 2 is 1.81 bits per heavy atom. The Hall–Kier alpha value is -2.60. The third-order valence-electron chi connectivity index (χ3n) is 5.07. The topological polar surface area (TPSA) is 46.4 Å². The van der Waals surface area contributed by atoms with Crippen LogP contribution < -0.4 is 9.64 Å². The van der Waals surface area contributed by atoms with Crippen LogP contribution in [-0.4, -0.2) is 59.3 Å². The molecule has 3 aromatic rings. The van der Waals surface area contributed by atoms with Gasteiger partial charge < -0.3 is 14.2 Å². The van der Waals surface area contributed by atoms with Crippen LogP contribution >= 0.6 is 0 Å². The van der Waals surface area contributed by atoms with Crippen LogP contribution in [0.25, 0.3) is 11.2 Å². The summed E-state index contributed by atoms with van der Waals surface area (Å²) in [6.07, 6.45) is 4.81. The largest absolute Gasteiger partial charge is 0.495 e. The molecule has 0 N–H and O–H groups in total. The second-order valence-electron chi connectivity index (χ2n) is 6.64. The summed E-state index contributed by atoms with van der Waals surface area (Å²) in [5, 5.41) is 0. The minimum absolute atomic E-state index is 0.831. The number of nitrogens with zero attached hydrogens (tertiary/aromatic N) is 5. The molecule has 0 aliphatic carbocycles. The number of aromatic nitrogens is 3. The van der Waals surface area contributed by atoms with Crippen LogP contribution in [0.3, 0.4) is 0 Å². The highest BCUT2D eigenvalue weighted by Gasteiger charge is 2.19. The van der Waals surface area contributed by atoms with E-state index in [1.165, 1.54) is 5.69 Å². The molecule has 1 aliphatic rings. The van der Waals surface area contributed by atoms with Crippen molar-refractivity contribution in [2.45, 2.75) is 13.0 Å². The third-order valence-corrected chi connectivity index (χ3v) is 5.07. The summed E-state index contributed by atoms with van der Waals surface area (Å²) < 4.78 is 7.70. The SMILES string of the molecule is COc1ccccc1N1CCN(CCCn2cnc3ncccc32)CC1. The molecule has 0 spiro atoms. The second kappa shape index (κ2) is 7.74. The summed E-state index contributed by atoms with van der Waals surface area (Å²) >= 11 is 0. The van der Waals surface area contributed by atoms with E-state index in [0.29, 0.717) is 0 Å². The molecule has 2 aromatic heterocycles. The van der Waals surface area contributed by atoms with Crippen molar-refractivity contribution < 1.29 is 4.74 Å². The first-order chi connectivity index (χ1) is 12.8. The number of fused-ring (bicyclic) bond motifs is 1. The van der Waals surface area contributed by atoms with Gasteiger partial charge in [-0.05, 0) is 37.2 Å². The van der Waals surface area contributed by atoms with Gasteiger partial charge >= 0.3 is 0 Å². The average Bonchev–Trinajstić information content (AvgIpc) is 3.12. The number of benzene rings is 1. The Bertz CT molecular complexity index is 854. The van der Waals surface area contributed by atoms with Gasteiger partial charge in [0.25, 0.3) is 0 Å². The fourth-order valence-corrected chi connectivity index (χ4v) is 3.64. The molecule has 3 heterocycles. The molecule has 0 bridgehead atoms. The lowest BCUT2D eigenvalue weighted by atomic mass is 10.2. The highest BCUT2D eigenvalue weighted by Crippen LogP contribution is 2.28. The van der Waals surface area contributed by atoms with Crippen molar-refractivity contribution in [3.05, 3.63) is 48.9 Å². The summed E-state index contributed by atoms with van der Waals surface area (Å²) in [6.45, 7) is 6.35. The van der Waals surface area contributed by atoms with Crippen LogP contribution in [0.4, 0.5) is 5.69 Å². The third kappa shape index (κ3) is 3.51. The monoisotopic (exact) mass is 351 g/mol. The molecule has 0 radical (unpaired) electrons. The van der Waals surface area contributed by atoms with Gasteiger partial charge in [-0.1, -0.05) is 12.1 Å². The van der Waals surface area contributed by atoms with Crippen molar-refractivity contribution in [3.63, 3.8) is 0 Å². The molecule has 26 heavy (non-hydrogen) atoms. The van der Waals surface area contributed by atoms with E-state index in [9.17, 15) is 0 Å². The summed E-state index contributed by atoms with van der Waals surface area (Å²) in [5.74, 6) is 0.960. The van der Waals surface area contributed by atoms with Gasteiger partial charge in [0, 0.05) is 38.9 Å². The normalized spacial score (nSPS) is 15.5. The number of hydrogen-bond acceptors (Lipinski definition) is 5. The number of imidazole rings is 1. The van der Waals surface area contributed by atoms with E-state index in [1.54, 1.807) is 13.3 Å². The Morgan fingerprint density at radius 1 is 0.962 bits per heavy atom. The summed E-state index contributed by atoms with van der Waals surface area (Å²) in [4.78, 5) is 13.6. The Labute approximate surface area is 154 Å². The van der Waals surface area contributed by atoms with Gasteiger partial charge in [0.05, 0.1) is 24.6 Å². The number of ether oxygens (including phenoxy) is 1. The lowest BCUT2D eigenvalue weighted by Gasteiger charge is -2.36. The van der Waals surface area contributed by atoms with Crippen LogP contribution in [0.15, 0.2) is 48.9 Å². The maximum atomic E-state index is 5.50. The molecule has 1 fully saturated rings. The van der Waals surface area contributed by atoms with E-state index in [4.69, 9.17) is 4.74 Å². The first kappa shape index (κ1) is 16.8. The lowest BCUT2D eigenvalue weighted by Crippen LogP contribution is -2.46. The number of anilines is 1. The molecule has 1 aliphatic heterocycles. The van der Waals surface area contributed by atoms with E-state index in [2.05, 4.69) is 42.5 Å². The van der Waals surface area contributed by atoms with E-state index >= 15 is 0 Å². The summed E-state index contributed by atoms with van der Waals surface area (Å²) in [7, 11) is 1.74. The standard InChI is InChI=1S/C20H25N5O/c1-26-19-8-3-2-6-17(19)24-14-12-23(13-15-24)10-5-11-25-16-22-20-18(25)7-4-9-21-20/h2-4,6-9,16H,5,10-15H2,1H3. The van der Waals surface area contributed by atoms with Crippen molar-refractivity contribution in [2.24, 2.45) is 0 Å². The number of aryl methyl sites for hydroxylation is 1. The zero-order valence-corrected chi connectivity index (χ0v) is 15.2. The molecule has 4 rings (SSSR count). The Balaban J connectivity index is 1.28. The molecule has 6 nitrogen and oxygen atoms in total. The lowest BCUT2D eigenvalue weighted by molar-refractivity contribution is 0.250. The van der Waals surface area contributed by atoms with E-state index in [1.807, 2.05) is 24.5 Å². The van der Waals surface area contributed by atoms with Gasteiger partial charge in [0.1, 0.15) is 5.75 Å². The van der Waals surface area contributed by atoms with Crippen LogP contribution in [0.1, 0.15) is 6.42 Å². The van der Waals surface area contributed by atoms with E-state index in [0.717, 1.165) is 62.6 Å². The summed E-state index contributed by atoms with van der Waals surface area (Å²) in [5.41, 5.74) is 3.15.